The fourth-order valence-electron chi connectivity index (χ4n) is 5.15. The summed E-state index contributed by atoms with van der Waals surface area (Å²) in [5.74, 6) is 0. The minimum atomic E-state index is 0.152. The van der Waals surface area contributed by atoms with Crippen LogP contribution in [0, 0.1) is 0 Å². The number of fused-ring (bicyclic) bond motifs is 4. The SMILES string of the molecule is CCC1(C)c2ccccc2C2=[N+](CCc3ccccc32)C1(C)CC. The molecule has 0 bridgehead atoms. The average molecular weight is 318 g/mol. The summed E-state index contributed by atoms with van der Waals surface area (Å²) in [5.41, 5.74) is 7.70. The number of rotatable bonds is 2. The third kappa shape index (κ3) is 1.79. The van der Waals surface area contributed by atoms with Crippen LogP contribution < -0.4 is 0 Å². The Kier molecular flexibility index (Phi) is 3.46. The first-order chi connectivity index (χ1) is 11.6. The zero-order valence-electron chi connectivity index (χ0n) is 15.4. The number of nitrogens with zero attached hydrogens (tertiary/aromatic N) is 1. The molecule has 2 heterocycles. The molecule has 2 aromatic rings. The predicted molar refractivity (Wildman–Crippen MR) is 101 cm³/mol. The number of benzene rings is 2. The van der Waals surface area contributed by atoms with Gasteiger partial charge in [-0.2, -0.15) is 0 Å². The van der Waals surface area contributed by atoms with Crippen molar-refractivity contribution in [3.05, 3.63) is 70.8 Å². The van der Waals surface area contributed by atoms with Crippen LogP contribution in [0.4, 0.5) is 0 Å². The monoisotopic (exact) mass is 318 g/mol. The van der Waals surface area contributed by atoms with Crippen LogP contribution in [-0.4, -0.2) is 22.4 Å². The molecule has 0 spiro atoms. The summed E-state index contributed by atoms with van der Waals surface area (Å²) in [6.07, 6.45) is 3.48. The Hall–Kier alpha value is -1.89. The molecule has 124 valence electrons. The fraction of sp³-hybridized carbons (Fsp3) is 0.435. The molecule has 2 atom stereocenters. The Morgan fingerprint density at radius 2 is 1.54 bits per heavy atom. The molecule has 1 nitrogen and oxygen atoms in total. The average Bonchev–Trinajstić information content (AvgIpc) is 2.65. The summed E-state index contributed by atoms with van der Waals surface area (Å²) < 4.78 is 2.74. The first-order valence-electron chi connectivity index (χ1n) is 9.39. The summed E-state index contributed by atoms with van der Waals surface area (Å²) >= 11 is 0. The molecule has 1 heteroatoms. The van der Waals surface area contributed by atoms with E-state index in [2.05, 4.69) is 80.8 Å². The van der Waals surface area contributed by atoms with Gasteiger partial charge in [0.05, 0.1) is 11.0 Å². The van der Waals surface area contributed by atoms with E-state index in [0.29, 0.717) is 0 Å². The largest absolute Gasteiger partial charge is 0.223 e. The third-order valence-electron chi connectivity index (χ3n) is 7.10. The van der Waals surface area contributed by atoms with E-state index in [1.165, 1.54) is 34.4 Å². The maximum Gasteiger partial charge on any atom is 0.215 e. The van der Waals surface area contributed by atoms with E-state index in [9.17, 15) is 0 Å². The Balaban J connectivity index is 2.11. The minimum absolute atomic E-state index is 0.152. The van der Waals surface area contributed by atoms with Crippen molar-refractivity contribution >= 4 is 5.71 Å². The zero-order chi connectivity index (χ0) is 16.9. The molecule has 4 rings (SSSR count). The molecule has 0 saturated carbocycles. The van der Waals surface area contributed by atoms with Crippen molar-refractivity contribution in [1.82, 2.24) is 0 Å². The van der Waals surface area contributed by atoms with Gasteiger partial charge >= 0.3 is 0 Å². The van der Waals surface area contributed by atoms with Crippen molar-refractivity contribution in [2.24, 2.45) is 0 Å². The standard InChI is InChI=1S/C23H28N/c1-5-22(3)20-14-10-9-13-19(20)21-18-12-8-7-11-17(18)15-16-24(21)23(22,4)6-2/h7-14H,5-6,15-16H2,1-4H3/q+1. The molecule has 0 amide bonds. The lowest BCUT2D eigenvalue weighted by molar-refractivity contribution is -0.620. The van der Waals surface area contributed by atoms with Gasteiger partial charge in [-0.3, -0.25) is 0 Å². The van der Waals surface area contributed by atoms with Gasteiger partial charge in [-0.1, -0.05) is 50.2 Å². The quantitative estimate of drug-likeness (QED) is 0.690. The van der Waals surface area contributed by atoms with Crippen LogP contribution in [0.3, 0.4) is 0 Å². The summed E-state index contributed by atoms with van der Waals surface area (Å²) in [5, 5.41) is 0. The van der Waals surface area contributed by atoms with Crippen LogP contribution in [0.1, 0.15) is 62.8 Å². The van der Waals surface area contributed by atoms with Crippen molar-refractivity contribution in [2.45, 2.75) is 57.9 Å². The highest BCUT2D eigenvalue weighted by Crippen LogP contribution is 2.48. The summed E-state index contributed by atoms with van der Waals surface area (Å²) in [6.45, 7) is 10.8. The van der Waals surface area contributed by atoms with E-state index in [1.54, 1.807) is 0 Å². The van der Waals surface area contributed by atoms with E-state index in [0.717, 1.165) is 19.4 Å². The molecule has 2 aromatic carbocycles. The van der Waals surface area contributed by atoms with E-state index in [-0.39, 0.29) is 11.0 Å². The molecule has 24 heavy (non-hydrogen) atoms. The molecule has 0 N–H and O–H groups in total. The van der Waals surface area contributed by atoms with Gasteiger partial charge in [0.1, 0.15) is 6.54 Å². The second kappa shape index (κ2) is 5.31. The van der Waals surface area contributed by atoms with Crippen molar-refractivity contribution < 1.29 is 4.58 Å². The maximum atomic E-state index is 2.74. The zero-order valence-corrected chi connectivity index (χ0v) is 15.4. The van der Waals surface area contributed by atoms with Crippen LogP contribution in [0.5, 0.6) is 0 Å². The van der Waals surface area contributed by atoms with E-state index in [1.807, 2.05) is 0 Å². The van der Waals surface area contributed by atoms with Gasteiger partial charge in [-0.15, -0.1) is 0 Å². The van der Waals surface area contributed by atoms with Crippen LogP contribution in [0.15, 0.2) is 48.5 Å². The van der Waals surface area contributed by atoms with Gasteiger partial charge in [-0.25, -0.2) is 4.58 Å². The molecule has 0 fully saturated rings. The first-order valence-corrected chi connectivity index (χ1v) is 9.39. The lowest BCUT2D eigenvalue weighted by atomic mass is 9.60. The molecule has 0 radical (unpaired) electrons. The second-order valence-corrected chi connectivity index (χ2v) is 7.77. The Labute approximate surface area is 146 Å². The molecule has 2 unspecified atom stereocenters. The van der Waals surface area contributed by atoms with Gasteiger partial charge in [0.25, 0.3) is 0 Å². The maximum absolute atomic E-state index is 2.74. The smallest absolute Gasteiger partial charge is 0.215 e. The van der Waals surface area contributed by atoms with Gasteiger partial charge in [0.2, 0.25) is 5.71 Å². The summed E-state index contributed by atoms with van der Waals surface area (Å²) in [6, 6.07) is 18.1. The number of hydrogen-bond acceptors (Lipinski definition) is 0. The summed E-state index contributed by atoms with van der Waals surface area (Å²) in [4.78, 5) is 0. The Morgan fingerprint density at radius 1 is 0.875 bits per heavy atom. The molecule has 0 saturated heterocycles. The lowest BCUT2D eigenvalue weighted by Gasteiger charge is -2.48. The van der Waals surface area contributed by atoms with Gasteiger partial charge in [0, 0.05) is 25.3 Å². The second-order valence-electron chi connectivity index (χ2n) is 7.77. The van der Waals surface area contributed by atoms with E-state index in [4.69, 9.17) is 0 Å². The van der Waals surface area contributed by atoms with Crippen LogP contribution in [-0.2, 0) is 11.8 Å². The first kappa shape index (κ1) is 15.6. The molecular weight excluding hydrogens is 290 g/mol. The van der Waals surface area contributed by atoms with Gasteiger partial charge < -0.3 is 0 Å². The van der Waals surface area contributed by atoms with Crippen LogP contribution >= 0.6 is 0 Å². The van der Waals surface area contributed by atoms with Crippen molar-refractivity contribution in [3.63, 3.8) is 0 Å². The van der Waals surface area contributed by atoms with Crippen molar-refractivity contribution in [1.29, 1.82) is 0 Å². The minimum Gasteiger partial charge on any atom is -0.223 e. The number of hydrogen-bond donors (Lipinski definition) is 0. The van der Waals surface area contributed by atoms with Gasteiger partial charge in [-0.05, 0) is 36.6 Å². The topological polar surface area (TPSA) is 3.01 Å². The highest BCUT2D eigenvalue weighted by atomic mass is 15.1. The van der Waals surface area contributed by atoms with Crippen molar-refractivity contribution in [3.8, 4) is 0 Å². The highest BCUT2D eigenvalue weighted by Gasteiger charge is 2.57. The lowest BCUT2D eigenvalue weighted by Crippen LogP contribution is -2.61. The van der Waals surface area contributed by atoms with Crippen LogP contribution in [0.25, 0.3) is 0 Å². The molecular formula is C23H28N+. The van der Waals surface area contributed by atoms with E-state index >= 15 is 0 Å². The predicted octanol–water partition coefficient (Wildman–Crippen LogP) is 4.94. The molecule has 2 aliphatic rings. The van der Waals surface area contributed by atoms with Gasteiger partial charge in [0.15, 0.2) is 5.54 Å². The highest BCUT2D eigenvalue weighted by molar-refractivity contribution is 6.12. The van der Waals surface area contributed by atoms with Crippen molar-refractivity contribution in [2.75, 3.05) is 6.54 Å². The molecule has 0 aromatic heterocycles. The summed E-state index contributed by atoms with van der Waals surface area (Å²) in [7, 11) is 0. The molecule has 0 aliphatic carbocycles. The van der Waals surface area contributed by atoms with Crippen LogP contribution in [0.2, 0.25) is 0 Å². The van der Waals surface area contributed by atoms with E-state index < -0.39 is 0 Å². The Bertz CT molecular complexity index is 831. The molecule has 2 aliphatic heterocycles. The Morgan fingerprint density at radius 3 is 2.25 bits per heavy atom. The fourth-order valence-corrected chi connectivity index (χ4v) is 5.15. The normalized spacial score (nSPS) is 28.2. The third-order valence-corrected chi connectivity index (χ3v) is 7.10.